The van der Waals surface area contributed by atoms with Crippen LogP contribution >= 0.6 is 0 Å². The first-order valence-corrected chi connectivity index (χ1v) is 5.60. The molecule has 0 spiro atoms. The fraction of sp³-hybridized carbons (Fsp3) is 0.462. The van der Waals surface area contributed by atoms with Gasteiger partial charge in [0.1, 0.15) is 5.75 Å². The van der Waals surface area contributed by atoms with Gasteiger partial charge in [-0.3, -0.25) is 4.79 Å². The molecule has 0 saturated heterocycles. The van der Waals surface area contributed by atoms with E-state index >= 15 is 0 Å². The first kappa shape index (κ1) is 11.9. The van der Waals surface area contributed by atoms with Crippen molar-refractivity contribution in [2.45, 2.75) is 19.4 Å². The Balaban J connectivity index is 1.80. The predicted molar refractivity (Wildman–Crippen MR) is 62.0 cm³/mol. The Labute approximate surface area is 100 Å². The minimum absolute atomic E-state index is 0.300. The van der Waals surface area contributed by atoms with Gasteiger partial charge in [-0.1, -0.05) is 12.1 Å². The summed E-state index contributed by atoms with van der Waals surface area (Å²) in [6, 6.07) is 7.56. The molecule has 1 saturated carbocycles. The Morgan fingerprint density at radius 2 is 2.00 bits per heavy atom. The molecule has 0 aromatic heterocycles. The molecule has 1 fully saturated rings. The van der Waals surface area contributed by atoms with Crippen molar-refractivity contribution in [1.29, 1.82) is 0 Å². The van der Waals surface area contributed by atoms with E-state index in [0.29, 0.717) is 13.2 Å². The van der Waals surface area contributed by atoms with E-state index in [-0.39, 0.29) is 0 Å². The van der Waals surface area contributed by atoms with Gasteiger partial charge < -0.3 is 14.6 Å². The highest BCUT2D eigenvalue weighted by atomic mass is 16.5. The molecule has 0 bridgehead atoms. The highest BCUT2D eigenvalue weighted by molar-refractivity contribution is 5.77. The molecule has 0 atom stereocenters. The lowest BCUT2D eigenvalue weighted by molar-refractivity contribution is -0.146. The zero-order valence-electron chi connectivity index (χ0n) is 9.81. The minimum Gasteiger partial charge on any atom is -0.497 e. The monoisotopic (exact) mass is 236 g/mol. The van der Waals surface area contributed by atoms with Crippen LogP contribution in [-0.4, -0.2) is 24.8 Å². The van der Waals surface area contributed by atoms with E-state index < -0.39 is 11.4 Å². The summed E-state index contributed by atoms with van der Waals surface area (Å²) in [5, 5.41) is 8.97. The van der Waals surface area contributed by atoms with Crippen LogP contribution in [0.2, 0.25) is 0 Å². The molecular formula is C13H16O4. The first-order valence-electron chi connectivity index (χ1n) is 5.60. The van der Waals surface area contributed by atoms with Gasteiger partial charge >= 0.3 is 5.97 Å². The van der Waals surface area contributed by atoms with E-state index in [1.54, 1.807) is 7.11 Å². The van der Waals surface area contributed by atoms with Crippen LogP contribution in [0.3, 0.4) is 0 Å². The molecule has 0 radical (unpaired) electrons. The summed E-state index contributed by atoms with van der Waals surface area (Å²) in [5.74, 6) is 0.0604. The summed E-state index contributed by atoms with van der Waals surface area (Å²) in [4.78, 5) is 10.9. The van der Waals surface area contributed by atoms with Crippen molar-refractivity contribution in [2.75, 3.05) is 13.7 Å². The summed E-state index contributed by atoms with van der Waals surface area (Å²) in [6.07, 6.45) is 1.45. The van der Waals surface area contributed by atoms with Crippen molar-refractivity contribution in [3.63, 3.8) is 0 Å². The van der Waals surface area contributed by atoms with Crippen LogP contribution in [0.4, 0.5) is 0 Å². The summed E-state index contributed by atoms with van der Waals surface area (Å²) in [7, 11) is 1.62. The van der Waals surface area contributed by atoms with Crippen LogP contribution in [0.25, 0.3) is 0 Å². The Morgan fingerprint density at radius 1 is 1.35 bits per heavy atom. The lowest BCUT2D eigenvalue weighted by atomic mass is 10.1. The van der Waals surface area contributed by atoms with Crippen molar-refractivity contribution < 1.29 is 19.4 Å². The molecule has 4 heteroatoms. The molecule has 92 valence electrons. The van der Waals surface area contributed by atoms with Gasteiger partial charge in [0.05, 0.1) is 25.7 Å². The molecule has 0 heterocycles. The van der Waals surface area contributed by atoms with E-state index in [1.807, 2.05) is 24.3 Å². The topological polar surface area (TPSA) is 55.8 Å². The Bertz CT molecular complexity index is 392. The summed E-state index contributed by atoms with van der Waals surface area (Å²) in [5.41, 5.74) is 0.416. The van der Waals surface area contributed by atoms with Gasteiger partial charge in [-0.2, -0.15) is 0 Å². The van der Waals surface area contributed by atoms with Gasteiger partial charge in [0.2, 0.25) is 0 Å². The van der Waals surface area contributed by atoms with E-state index in [0.717, 1.165) is 24.2 Å². The molecule has 0 unspecified atom stereocenters. The third kappa shape index (κ3) is 2.77. The number of carboxylic acid groups (broad SMARTS) is 1. The lowest BCUT2D eigenvalue weighted by Gasteiger charge is -2.10. The van der Waals surface area contributed by atoms with Crippen molar-refractivity contribution in [3.05, 3.63) is 29.8 Å². The van der Waals surface area contributed by atoms with E-state index in [9.17, 15) is 4.79 Å². The number of ether oxygens (including phenoxy) is 2. The Hall–Kier alpha value is -1.55. The molecule has 1 aliphatic rings. The van der Waals surface area contributed by atoms with Crippen molar-refractivity contribution in [1.82, 2.24) is 0 Å². The number of methoxy groups -OCH3 is 1. The molecule has 2 rings (SSSR count). The van der Waals surface area contributed by atoms with Crippen molar-refractivity contribution >= 4 is 5.97 Å². The number of rotatable bonds is 6. The third-order valence-electron chi connectivity index (χ3n) is 3.11. The second kappa shape index (κ2) is 4.75. The summed E-state index contributed by atoms with van der Waals surface area (Å²) < 4.78 is 10.5. The Kier molecular flexibility index (Phi) is 3.33. The van der Waals surface area contributed by atoms with Gasteiger partial charge in [-0.05, 0) is 30.5 Å². The SMILES string of the molecule is COc1ccc(COCC2(C(=O)O)CC2)cc1. The van der Waals surface area contributed by atoms with Crippen LogP contribution < -0.4 is 4.74 Å². The van der Waals surface area contributed by atoms with Gasteiger partial charge in [-0.25, -0.2) is 0 Å². The van der Waals surface area contributed by atoms with Crippen molar-refractivity contribution in [3.8, 4) is 5.75 Å². The molecule has 4 nitrogen and oxygen atoms in total. The van der Waals surface area contributed by atoms with Crippen LogP contribution in [0.5, 0.6) is 5.75 Å². The van der Waals surface area contributed by atoms with Gasteiger partial charge in [-0.15, -0.1) is 0 Å². The fourth-order valence-electron chi connectivity index (χ4n) is 1.66. The van der Waals surface area contributed by atoms with Crippen molar-refractivity contribution in [2.24, 2.45) is 5.41 Å². The van der Waals surface area contributed by atoms with E-state index in [1.165, 1.54) is 0 Å². The zero-order valence-corrected chi connectivity index (χ0v) is 9.81. The van der Waals surface area contributed by atoms with E-state index in [4.69, 9.17) is 14.6 Å². The normalized spacial score (nSPS) is 16.5. The molecule has 1 aromatic rings. The lowest BCUT2D eigenvalue weighted by Crippen LogP contribution is -2.21. The molecule has 0 amide bonds. The number of hydrogen-bond donors (Lipinski definition) is 1. The Morgan fingerprint density at radius 3 is 2.47 bits per heavy atom. The largest absolute Gasteiger partial charge is 0.497 e. The maximum Gasteiger partial charge on any atom is 0.311 e. The zero-order chi connectivity index (χ0) is 12.3. The smallest absolute Gasteiger partial charge is 0.311 e. The highest BCUT2D eigenvalue weighted by Crippen LogP contribution is 2.46. The summed E-state index contributed by atoms with van der Waals surface area (Å²) in [6.45, 7) is 0.743. The fourth-order valence-corrected chi connectivity index (χ4v) is 1.66. The van der Waals surface area contributed by atoms with Gasteiger partial charge in [0.25, 0.3) is 0 Å². The second-order valence-corrected chi connectivity index (χ2v) is 4.43. The number of aliphatic carboxylic acids is 1. The molecular weight excluding hydrogens is 220 g/mol. The molecule has 1 N–H and O–H groups in total. The van der Waals surface area contributed by atoms with Gasteiger partial charge in [0, 0.05) is 0 Å². The van der Waals surface area contributed by atoms with Gasteiger partial charge in [0.15, 0.2) is 0 Å². The van der Waals surface area contributed by atoms with Crippen LogP contribution in [-0.2, 0) is 16.1 Å². The van der Waals surface area contributed by atoms with Crippen LogP contribution in [0.15, 0.2) is 24.3 Å². The number of carboxylic acids is 1. The second-order valence-electron chi connectivity index (χ2n) is 4.43. The molecule has 1 aliphatic carbocycles. The van der Waals surface area contributed by atoms with Crippen LogP contribution in [0, 0.1) is 5.41 Å². The number of hydrogen-bond acceptors (Lipinski definition) is 3. The maximum atomic E-state index is 10.9. The molecule has 0 aliphatic heterocycles. The van der Waals surface area contributed by atoms with Crippen LogP contribution in [0.1, 0.15) is 18.4 Å². The van der Waals surface area contributed by atoms with E-state index in [2.05, 4.69) is 0 Å². The molecule has 1 aromatic carbocycles. The summed E-state index contributed by atoms with van der Waals surface area (Å²) >= 11 is 0. The maximum absolute atomic E-state index is 10.9. The third-order valence-corrected chi connectivity index (χ3v) is 3.11. The number of carbonyl (C=O) groups is 1. The molecule has 17 heavy (non-hydrogen) atoms. The highest BCUT2D eigenvalue weighted by Gasteiger charge is 2.50. The average molecular weight is 236 g/mol. The average Bonchev–Trinajstić information content (AvgIpc) is 3.11. The number of benzene rings is 1. The quantitative estimate of drug-likeness (QED) is 0.821. The first-order chi connectivity index (χ1) is 8.16. The minimum atomic E-state index is -0.743. The predicted octanol–water partition coefficient (Wildman–Crippen LogP) is 2.08. The standard InChI is InChI=1S/C13H16O4/c1-16-11-4-2-10(3-5-11)8-17-9-13(6-7-13)12(14)15/h2-5H,6-9H2,1H3,(H,14,15).